The third-order valence-corrected chi connectivity index (χ3v) is 4.81. The highest BCUT2D eigenvalue weighted by molar-refractivity contribution is 5.98. The molecule has 2 aromatic heterocycles. The summed E-state index contributed by atoms with van der Waals surface area (Å²) < 4.78 is 10.7. The molecule has 2 heterocycles. The number of benzene rings is 2. The minimum Gasteiger partial charge on any atom is -0.493 e. The second kappa shape index (κ2) is 7.17. The summed E-state index contributed by atoms with van der Waals surface area (Å²) in [6.07, 6.45) is 1.52. The number of anilines is 2. The second-order valence-electron chi connectivity index (χ2n) is 6.58. The molecule has 0 saturated heterocycles. The number of aromatic nitrogens is 2. The Morgan fingerprint density at radius 2 is 1.83 bits per heavy atom. The van der Waals surface area contributed by atoms with E-state index in [0.29, 0.717) is 28.3 Å². The summed E-state index contributed by atoms with van der Waals surface area (Å²) in [7, 11) is 3.12. The Morgan fingerprint density at radius 3 is 2.55 bits per heavy atom. The number of H-pyrrole nitrogens is 1. The van der Waals surface area contributed by atoms with Crippen LogP contribution in [0.1, 0.15) is 11.1 Å². The molecule has 2 N–H and O–H groups in total. The minimum atomic E-state index is -0.156. The molecule has 0 unspecified atom stereocenters. The monoisotopic (exact) mass is 386 g/mol. The van der Waals surface area contributed by atoms with Crippen molar-refractivity contribution in [2.75, 3.05) is 19.5 Å². The largest absolute Gasteiger partial charge is 0.493 e. The molecular formula is C22H18N4O3. The number of methoxy groups -OCH3 is 2. The van der Waals surface area contributed by atoms with E-state index in [1.165, 1.54) is 6.20 Å². The fraction of sp³-hybridized carbons (Fsp3) is 0.136. The Hall–Kier alpha value is -4.05. The molecule has 0 fully saturated rings. The van der Waals surface area contributed by atoms with Crippen molar-refractivity contribution < 1.29 is 9.47 Å². The van der Waals surface area contributed by atoms with Crippen molar-refractivity contribution in [3.05, 3.63) is 64.1 Å². The van der Waals surface area contributed by atoms with Crippen molar-refractivity contribution in [1.29, 1.82) is 5.26 Å². The third kappa shape index (κ3) is 3.21. The molecule has 144 valence electrons. The molecule has 0 spiro atoms. The van der Waals surface area contributed by atoms with E-state index in [-0.39, 0.29) is 5.56 Å². The zero-order chi connectivity index (χ0) is 20.5. The lowest BCUT2D eigenvalue weighted by atomic mass is 10.1. The van der Waals surface area contributed by atoms with E-state index in [1.807, 2.05) is 25.1 Å². The van der Waals surface area contributed by atoms with Crippen LogP contribution in [0.3, 0.4) is 0 Å². The normalized spacial score (nSPS) is 10.7. The number of nitriles is 1. The highest BCUT2D eigenvalue weighted by Gasteiger charge is 2.14. The lowest BCUT2D eigenvalue weighted by Gasteiger charge is -2.15. The van der Waals surface area contributed by atoms with E-state index in [1.54, 1.807) is 32.4 Å². The van der Waals surface area contributed by atoms with Gasteiger partial charge in [-0.1, -0.05) is 6.07 Å². The van der Waals surface area contributed by atoms with Crippen LogP contribution in [0.2, 0.25) is 0 Å². The van der Waals surface area contributed by atoms with Crippen LogP contribution in [-0.4, -0.2) is 24.2 Å². The van der Waals surface area contributed by atoms with Gasteiger partial charge in [-0.15, -0.1) is 0 Å². The quantitative estimate of drug-likeness (QED) is 0.549. The van der Waals surface area contributed by atoms with Crippen LogP contribution in [0.4, 0.5) is 11.4 Å². The zero-order valence-electron chi connectivity index (χ0n) is 16.2. The fourth-order valence-corrected chi connectivity index (χ4v) is 3.40. The van der Waals surface area contributed by atoms with Crippen LogP contribution in [-0.2, 0) is 0 Å². The summed E-state index contributed by atoms with van der Waals surface area (Å²) >= 11 is 0. The summed E-state index contributed by atoms with van der Waals surface area (Å²) in [5.41, 5.74) is 3.86. The molecule has 7 nitrogen and oxygen atoms in total. The Morgan fingerprint density at radius 1 is 1.07 bits per heavy atom. The Bertz CT molecular complexity index is 1350. The van der Waals surface area contributed by atoms with E-state index in [9.17, 15) is 10.1 Å². The third-order valence-electron chi connectivity index (χ3n) is 4.81. The molecule has 4 aromatic rings. The SMILES string of the molecule is COc1cc2ncc(C#N)c(Nc3ccc4c(C)cc(=O)[nH]c4c3)c2cc1OC. The van der Waals surface area contributed by atoms with Gasteiger partial charge < -0.3 is 19.8 Å². The van der Waals surface area contributed by atoms with Crippen molar-refractivity contribution in [3.63, 3.8) is 0 Å². The number of aromatic amines is 1. The summed E-state index contributed by atoms with van der Waals surface area (Å²) in [6, 6.07) is 13.0. The second-order valence-corrected chi connectivity index (χ2v) is 6.58. The van der Waals surface area contributed by atoms with E-state index in [2.05, 4.69) is 21.4 Å². The van der Waals surface area contributed by atoms with Gasteiger partial charge in [0.25, 0.3) is 0 Å². The molecule has 2 aromatic carbocycles. The molecular weight excluding hydrogens is 368 g/mol. The van der Waals surface area contributed by atoms with Gasteiger partial charge >= 0.3 is 0 Å². The lowest BCUT2D eigenvalue weighted by molar-refractivity contribution is 0.356. The molecule has 29 heavy (non-hydrogen) atoms. The van der Waals surface area contributed by atoms with Crippen molar-refractivity contribution in [2.45, 2.75) is 6.92 Å². The molecule has 0 atom stereocenters. The first-order valence-electron chi connectivity index (χ1n) is 8.89. The van der Waals surface area contributed by atoms with Crippen molar-refractivity contribution in [1.82, 2.24) is 9.97 Å². The summed E-state index contributed by atoms with van der Waals surface area (Å²) in [5, 5.41) is 14.6. The van der Waals surface area contributed by atoms with Crippen LogP contribution >= 0.6 is 0 Å². The summed E-state index contributed by atoms with van der Waals surface area (Å²) in [6.45, 7) is 1.90. The average Bonchev–Trinajstić information content (AvgIpc) is 2.72. The van der Waals surface area contributed by atoms with Crippen LogP contribution in [0.5, 0.6) is 11.5 Å². The first-order valence-corrected chi connectivity index (χ1v) is 8.89. The first-order chi connectivity index (χ1) is 14.0. The average molecular weight is 386 g/mol. The number of hydrogen-bond donors (Lipinski definition) is 2. The van der Waals surface area contributed by atoms with Gasteiger partial charge in [0.1, 0.15) is 6.07 Å². The molecule has 4 rings (SSSR count). The molecule has 0 aliphatic heterocycles. The number of aryl methyl sites for hydroxylation is 1. The zero-order valence-corrected chi connectivity index (χ0v) is 16.2. The molecule has 0 aliphatic rings. The summed E-state index contributed by atoms with van der Waals surface area (Å²) in [5.74, 6) is 1.10. The van der Waals surface area contributed by atoms with Gasteiger partial charge in [-0.2, -0.15) is 5.26 Å². The highest BCUT2D eigenvalue weighted by Crippen LogP contribution is 2.37. The van der Waals surface area contributed by atoms with Crippen molar-refractivity contribution in [2.24, 2.45) is 0 Å². The standard InChI is InChI=1S/C22H18N4O3/c1-12-6-21(27)26-18-7-14(4-5-15(12)18)25-22-13(10-23)11-24-17-9-20(29-3)19(28-2)8-16(17)22/h4-9,11H,1-3H3,(H,24,25)(H,26,27). The van der Waals surface area contributed by atoms with Crippen LogP contribution in [0, 0.1) is 18.3 Å². The van der Waals surface area contributed by atoms with E-state index in [0.717, 1.165) is 27.5 Å². The van der Waals surface area contributed by atoms with E-state index < -0.39 is 0 Å². The predicted molar refractivity (Wildman–Crippen MR) is 112 cm³/mol. The maximum atomic E-state index is 11.8. The number of rotatable bonds is 4. The number of nitrogens with zero attached hydrogens (tertiary/aromatic N) is 2. The van der Waals surface area contributed by atoms with E-state index in [4.69, 9.17) is 9.47 Å². The Balaban J connectivity index is 1.90. The van der Waals surface area contributed by atoms with Gasteiger partial charge in [-0.25, -0.2) is 0 Å². The van der Waals surface area contributed by atoms with Crippen LogP contribution in [0.15, 0.2) is 47.4 Å². The molecule has 0 aliphatic carbocycles. The lowest BCUT2D eigenvalue weighted by Crippen LogP contribution is -2.05. The Labute approximate surface area is 166 Å². The number of pyridine rings is 2. The highest BCUT2D eigenvalue weighted by atomic mass is 16.5. The molecule has 0 saturated carbocycles. The van der Waals surface area contributed by atoms with Gasteiger partial charge in [0.2, 0.25) is 5.56 Å². The van der Waals surface area contributed by atoms with Crippen molar-refractivity contribution >= 4 is 33.2 Å². The smallest absolute Gasteiger partial charge is 0.248 e. The van der Waals surface area contributed by atoms with Gasteiger partial charge in [-0.05, 0) is 30.7 Å². The van der Waals surface area contributed by atoms with Gasteiger partial charge in [-0.3, -0.25) is 9.78 Å². The Kier molecular flexibility index (Phi) is 4.53. The topological polar surface area (TPSA) is 100 Å². The van der Waals surface area contributed by atoms with Gasteiger partial charge in [0.05, 0.1) is 36.5 Å². The van der Waals surface area contributed by atoms with Gasteiger partial charge in [0.15, 0.2) is 11.5 Å². The van der Waals surface area contributed by atoms with Crippen LogP contribution in [0.25, 0.3) is 21.8 Å². The molecule has 7 heteroatoms. The minimum absolute atomic E-state index is 0.156. The van der Waals surface area contributed by atoms with Gasteiger partial charge in [0, 0.05) is 34.8 Å². The maximum absolute atomic E-state index is 11.8. The molecule has 0 amide bonds. The summed E-state index contributed by atoms with van der Waals surface area (Å²) in [4.78, 5) is 19.0. The van der Waals surface area contributed by atoms with Crippen molar-refractivity contribution in [3.8, 4) is 17.6 Å². The van der Waals surface area contributed by atoms with Crippen LogP contribution < -0.4 is 20.3 Å². The fourth-order valence-electron chi connectivity index (χ4n) is 3.40. The van der Waals surface area contributed by atoms with E-state index >= 15 is 0 Å². The number of ether oxygens (including phenoxy) is 2. The predicted octanol–water partition coefficient (Wildman–Crippen LogP) is 4.02. The number of fused-ring (bicyclic) bond motifs is 2. The number of nitrogens with one attached hydrogen (secondary N) is 2. The first kappa shape index (κ1) is 18.3. The maximum Gasteiger partial charge on any atom is 0.248 e. The number of hydrogen-bond acceptors (Lipinski definition) is 6. The molecule has 0 radical (unpaired) electrons. The molecule has 0 bridgehead atoms.